The molecule has 7 atom stereocenters. The largest absolute Gasteiger partial charge is 0.498 e. The Morgan fingerprint density at radius 3 is 2.55 bits per heavy atom. The van der Waals surface area contributed by atoms with Crippen molar-refractivity contribution < 1.29 is 33.3 Å². The molecular formula is C22H28O7. The molecule has 2 aliphatic carbocycles. The normalized spacial score (nSPS) is 52.6. The van der Waals surface area contributed by atoms with E-state index in [2.05, 4.69) is 6.92 Å². The zero-order valence-electron chi connectivity index (χ0n) is 17.4. The van der Waals surface area contributed by atoms with E-state index in [1.165, 1.54) is 6.92 Å². The van der Waals surface area contributed by atoms with Crippen molar-refractivity contribution in [1.82, 2.24) is 0 Å². The minimum atomic E-state index is -1.54. The summed E-state index contributed by atoms with van der Waals surface area (Å²) in [6.45, 7) is 7.33. The molecule has 3 aliphatic heterocycles. The number of rotatable bonds is 1. The lowest BCUT2D eigenvalue weighted by Crippen LogP contribution is -2.77. The van der Waals surface area contributed by atoms with Crippen molar-refractivity contribution in [2.24, 2.45) is 16.7 Å². The fraction of sp³-hybridized carbons (Fsp3) is 0.773. The zero-order valence-corrected chi connectivity index (χ0v) is 17.4. The van der Waals surface area contributed by atoms with Crippen LogP contribution in [0.3, 0.4) is 0 Å². The molecular weight excluding hydrogens is 376 g/mol. The number of carbonyl (C=O) groups is 3. The molecule has 158 valence electrons. The summed E-state index contributed by atoms with van der Waals surface area (Å²) in [5.41, 5.74) is -4.56. The average molecular weight is 404 g/mol. The third-order valence-electron chi connectivity index (χ3n) is 8.61. The number of esters is 2. The van der Waals surface area contributed by atoms with Crippen molar-refractivity contribution in [2.45, 2.75) is 82.7 Å². The number of hydrogen-bond acceptors (Lipinski definition) is 7. The Morgan fingerprint density at radius 2 is 1.90 bits per heavy atom. The predicted octanol–water partition coefficient (Wildman–Crippen LogP) is 2.46. The topological polar surface area (TPSA) is 88.1 Å². The molecule has 0 bridgehead atoms. The Balaban J connectivity index is 1.73. The summed E-state index contributed by atoms with van der Waals surface area (Å²) < 4.78 is 23.8. The first-order valence-electron chi connectivity index (χ1n) is 10.5. The monoisotopic (exact) mass is 404 g/mol. The number of carbonyl (C=O) groups excluding carboxylic acids is 3. The minimum absolute atomic E-state index is 0.311. The number of ketones is 1. The van der Waals surface area contributed by atoms with Crippen LogP contribution < -0.4 is 0 Å². The van der Waals surface area contributed by atoms with Crippen LogP contribution in [0, 0.1) is 16.7 Å². The Labute approximate surface area is 170 Å². The van der Waals surface area contributed by atoms with Crippen LogP contribution >= 0.6 is 0 Å². The average Bonchev–Trinajstić information content (AvgIpc) is 3.33. The fourth-order valence-corrected chi connectivity index (χ4v) is 7.35. The summed E-state index contributed by atoms with van der Waals surface area (Å²) in [5.74, 6) is -1.55. The van der Waals surface area contributed by atoms with Gasteiger partial charge in [0.15, 0.2) is 11.7 Å². The van der Waals surface area contributed by atoms with E-state index in [1.807, 2.05) is 13.0 Å². The van der Waals surface area contributed by atoms with E-state index in [9.17, 15) is 14.4 Å². The Kier molecular flexibility index (Phi) is 3.57. The SMILES string of the molecule is CC(=O)OC1(C)C(=O)C2OC(=O)C3(C)CCCC(C)(C23)C12CCC1(C=COC1)O2. The van der Waals surface area contributed by atoms with Crippen LogP contribution in [-0.2, 0) is 33.3 Å². The summed E-state index contributed by atoms with van der Waals surface area (Å²) in [7, 11) is 0. The molecule has 7 nitrogen and oxygen atoms in total. The van der Waals surface area contributed by atoms with Gasteiger partial charge in [0, 0.05) is 18.3 Å². The Morgan fingerprint density at radius 1 is 1.14 bits per heavy atom. The molecule has 3 heterocycles. The van der Waals surface area contributed by atoms with E-state index < -0.39 is 39.7 Å². The van der Waals surface area contributed by atoms with E-state index >= 15 is 0 Å². The van der Waals surface area contributed by atoms with Crippen molar-refractivity contribution in [2.75, 3.05) is 6.61 Å². The zero-order chi connectivity index (χ0) is 20.9. The standard InChI is InChI=1S/C22H28O7/c1-13(23)28-20(4)16(24)14-15-18(2,17(25)27-14)6-5-7-19(15,3)22(20)9-8-21(29-22)10-11-26-12-21/h10-11,14-15H,5-9,12H2,1-4H3. The molecule has 7 unspecified atom stereocenters. The maximum atomic E-state index is 13.8. The molecule has 7 heteroatoms. The highest BCUT2D eigenvalue weighted by Gasteiger charge is 2.82. The Bertz CT molecular complexity index is 850. The van der Waals surface area contributed by atoms with E-state index in [0.29, 0.717) is 25.9 Å². The van der Waals surface area contributed by atoms with Crippen molar-refractivity contribution in [3.05, 3.63) is 12.3 Å². The first-order valence-corrected chi connectivity index (χ1v) is 10.5. The van der Waals surface area contributed by atoms with Crippen LogP contribution in [0.5, 0.6) is 0 Å². The molecule has 2 spiro atoms. The Hall–Kier alpha value is -1.89. The van der Waals surface area contributed by atoms with Crippen molar-refractivity contribution in [3.63, 3.8) is 0 Å². The van der Waals surface area contributed by atoms with Gasteiger partial charge in [0.1, 0.15) is 17.8 Å². The van der Waals surface area contributed by atoms with E-state index in [-0.39, 0.29) is 17.7 Å². The van der Waals surface area contributed by atoms with Crippen LogP contribution in [-0.4, -0.2) is 47.2 Å². The lowest BCUT2D eigenvalue weighted by molar-refractivity contribution is -0.285. The lowest BCUT2D eigenvalue weighted by atomic mass is 9.42. The third-order valence-corrected chi connectivity index (χ3v) is 8.61. The summed E-state index contributed by atoms with van der Waals surface area (Å²) >= 11 is 0. The van der Waals surface area contributed by atoms with Gasteiger partial charge < -0.3 is 18.9 Å². The smallest absolute Gasteiger partial charge is 0.312 e. The van der Waals surface area contributed by atoms with Gasteiger partial charge in [0.25, 0.3) is 0 Å². The minimum Gasteiger partial charge on any atom is -0.498 e. The highest BCUT2D eigenvalue weighted by molar-refractivity contribution is 6.00. The van der Waals surface area contributed by atoms with Gasteiger partial charge in [-0.25, -0.2) is 0 Å². The predicted molar refractivity (Wildman–Crippen MR) is 99.5 cm³/mol. The highest BCUT2D eigenvalue weighted by Crippen LogP contribution is 2.71. The second kappa shape index (κ2) is 5.42. The van der Waals surface area contributed by atoms with Crippen LogP contribution in [0.2, 0.25) is 0 Å². The van der Waals surface area contributed by atoms with Gasteiger partial charge in [-0.1, -0.05) is 13.3 Å². The maximum Gasteiger partial charge on any atom is 0.312 e. The summed E-state index contributed by atoms with van der Waals surface area (Å²) in [6, 6.07) is 0. The number of hydrogen-bond donors (Lipinski definition) is 0. The number of fused-ring (bicyclic) bond motifs is 1. The molecule has 0 aromatic carbocycles. The number of Topliss-reactive ketones (excluding diaryl/α,β-unsaturated/α-hetero) is 1. The van der Waals surface area contributed by atoms with Crippen molar-refractivity contribution in [1.29, 1.82) is 0 Å². The van der Waals surface area contributed by atoms with Crippen LogP contribution in [0.1, 0.15) is 59.8 Å². The van der Waals surface area contributed by atoms with Crippen LogP contribution in [0.4, 0.5) is 0 Å². The fourth-order valence-electron chi connectivity index (χ4n) is 7.35. The summed E-state index contributed by atoms with van der Waals surface area (Å²) in [4.78, 5) is 38.8. The summed E-state index contributed by atoms with van der Waals surface area (Å²) in [6.07, 6.45) is 6.09. The van der Waals surface area contributed by atoms with Gasteiger partial charge in [0.05, 0.1) is 11.7 Å². The van der Waals surface area contributed by atoms with Gasteiger partial charge in [-0.2, -0.15) is 0 Å². The van der Waals surface area contributed by atoms with Crippen molar-refractivity contribution >= 4 is 17.7 Å². The van der Waals surface area contributed by atoms with Gasteiger partial charge in [-0.05, 0) is 45.6 Å². The maximum absolute atomic E-state index is 13.8. The van der Waals surface area contributed by atoms with E-state index in [4.69, 9.17) is 18.9 Å². The van der Waals surface area contributed by atoms with Gasteiger partial charge in [-0.15, -0.1) is 0 Å². The molecule has 4 fully saturated rings. The van der Waals surface area contributed by atoms with Crippen LogP contribution in [0.25, 0.3) is 0 Å². The third kappa shape index (κ3) is 2.00. The lowest BCUT2D eigenvalue weighted by Gasteiger charge is -2.63. The molecule has 2 saturated carbocycles. The molecule has 0 aromatic rings. The van der Waals surface area contributed by atoms with Crippen molar-refractivity contribution in [3.8, 4) is 0 Å². The van der Waals surface area contributed by atoms with Gasteiger partial charge in [0.2, 0.25) is 5.78 Å². The van der Waals surface area contributed by atoms with Gasteiger partial charge >= 0.3 is 11.9 Å². The first kappa shape index (κ1) is 19.1. The first-order chi connectivity index (χ1) is 13.5. The molecule has 2 saturated heterocycles. The summed E-state index contributed by atoms with van der Waals surface area (Å²) in [5, 5.41) is 0. The molecule has 5 rings (SSSR count). The molecule has 29 heavy (non-hydrogen) atoms. The molecule has 5 aliphatic rings. The highest BCUT2D eigenvalue weighted by atomic mass is 16.6. The van der Waals surface area contributed by atoms with E-state index in [1.54, 1.807) is 13.2 Å². The quantitative estimate of drug-likeness (QED) is 0.620. The molecule has 0 amide bonds. The molecule has 0 N–H and O–H groups in total. The van der Waals surface area contributed by atoms with Crippen LogP contribution in [0.15, 0.2) is 12.3 Å². The van der Waals surface area contributed by atoms with E-state index in [0.717, 1.165) is 12.8 Å². The van der Waals surface area contributed by atoms with Gasteiger partial charge in [-0.3, -0.25) is 14.4 Å². The number of ether oxygens (including phenoxy) is 4. The second-order valence-corrected chi connectivity index (χ2v) is 10.1. The molecule has 0 radical (unpaired) electrons. The molecule has 0 aromatic heterocycles. The second-order valence-electron chi connectivity index (χ2n) is 10.1.